The number of hydrogen-bond donors (Lipinski definition) is 0. The Morgan fingerprint density at radius 1 is 1.23 bits per heavy atom. The Bertz CT molecular complexity index is 938. The van der Waals surface area contributed by atoms with E-state index >= 15 is 0 Å². The van der Waals surface area contributed by atoms with Gasteiger partial charge in [-0.3, -0.25) is 4.79 Å². The number of carbonyl (C=O) groups is 1. The zero-order chi connectivity index (χ0) is 18.3. The van der Waals surface area contributed by atoms with E-state index in [1.165, 1.54) is 16.7 Å². The van der Waals surface area contributed by atoms with Crippen LogP contribution < -0.4 is 4.74 Å². The third kappa shape index (κ3) is 2.74. The molecule has 0 unspecified atom stereocenters. The summed E-state index contributed by atoms with van der Waals surface area (Å²) in [6.07, 6.45) is 11.4. The van der Waals surface area contributed by atoms with E-state index in [1.807, 2.05) is 12.1 Å². The van der Waals surface area contributed by atoms with Gasteiger partial charge in [-0.15, -0.1) is 0 Å². The fourth-order valence-electron chi connectivity index (χ4n) is 3.86. The summed E-state index contributed by atoms with van der Waals surface area (Å²) in [6, 6.07) is 6.16. The summed E-state index contributed by atoms with van der Waals surface area (Å²) in [7, 11) is 1.68. The van der Waals surface area contributed by atoms with Crippen LogP contribution in [0.1, 0.15) is 30.9 Å². The van der Waals surface area contributed by atoms with E-state index in [1.54, 1.807) is 19.3 Å². The fourth-order valence-corrected chi connectivity index (χ4v) is 3.86. The summed E-state index contributed by atoms with van der Waals surface area (Å²) in [4.78, 5) is 11.9. The van der Waals surface area contributed by atoms with Crippen LogP contribution in [0.4, 0.5) is 0 Å². The van der Waals surface area contributed by atoms with Crippen LogP contribution in [-0.2, 0) is 9.53 Å². The highest BCUT2D eigenvalue weighted by Crippen LogP contribution is 2.47. The lowest BCUT2D eigenvalue weighted by Gasteiger charge is -2.35. The normalized spacial score (nSPS) is 21.3. The molecule has 1 atom stereocenters. The average Bonchev–Trinajstić information content (AvgIpc) is 2.65. The number of methoxy groups -OCH3 is 1. The Morgan fingerprint density at radius 3 is 2.81 bits per heavy atom. The average molecular weight is 346 g/mol. The minimum atomic E-state index is -0.0318. The molecule has 1 aromatic rings. The molecule has 3 nitrogen and oxygen atoms in total. The van der Waals surface area contributed by atoms with Gasteiger partial charge in [0, 0.05) is 17.6 Å². The number of benzene rings is 1. The Kier molecular flexibility index (Phi) is 4.15. The highest BCUT2D eigenvalue weighted by Gasteiger charge is 2.34. The van der Waals surface area contributed by atoms with Crippen molar-refractivity contribution in [2.75, 3.05) is 7.11 Å². The van der Waals surface area contributed by atoms with Gasteiger partial charge in [0.05, 0.1) is 7.11 Å². The van der Waals surface area contributed by atoms with Crippen LogP contribution in [0.25, 0.3) is 5.57 Å². The number of hydrogen-bond acceptors (Lipinski definition) is 3. The topological polar surface area (TPSA) is 35.5 Å². The van der Waals surface area contributed by atoms with Crippen molar-refractivity contribution in [3.8, 4) is 5.75 Å². The first-order valence-corrected chi connectivity index (χ1v) is 9.02. The molecule has 0 bridgehead atoms. The third-order valence-corrected chi connectivity index (χ3v) is 5.24. The zero-order valence-corrected chi connectivity index (χ0v) is 15.3. The largest absolute Gasteiger partial charge is 0.497 e. The molecule has 0 aromatic heterocycles. The van der Waals surface area contributed by atoms with Crippen molar-refractivity contribution in [1.82, 2.24) is 0 Å². The van der Waals surface area contributed by atoms with Crippen molar-refractivity contribution < 1.29 is 14.3 Å². The molecule has 0 radical (unpaired) electrons. The van der Waals surface area contributed by atoms with Gasteiger partial charge in [0.1, 0.15) is 17.3 Å². The van der Waals surface area contributed by atoms with Gasteiger partial charge in [0.2, 0.25) is 0 Å². The smallest absolute Gasteiger partial charge is 0.182 e. The molecule has 0 amide bonds. The maximum Gasteiger partial charge on any atom is 0.182 e. The van der Waals surface area contributed by atoms with Crippen LogP contribution in [-0.4, -0.2) is 12.9 Å². The lowest BCUT2D eigenvalue weighted by molar-refractivity contribution is -0.110. The van der Waals surface area contributed by atoms with E-state index in [2.05, 4.69) is 38.1 Å². The van der Waals surface area contributed by atoms with E-state index < -0.39 is 0 Å². The van der Waals surface area contributed by atoms with Crippen molar-refractivity contribution in [3.05, 3.63) is 82.4 Å². The molecule has 1 aliphatic heterocycles. The maximum absolute atomic E-state index is 11.9. The Balaban J connectivity index is 1.91. The highest BCUT2D eigenvalue weighted by molar-refractivity contribution is 6.03. The van der Waals surface area contributed by atoms with Gasteiger partial charge in [-0.2, -0.15) is 0 Å². The number of fused-ring (bicyclic) bond motifs is 2. The van der Waals surface area contributed by atoms with Crippen LogP contribution >= 0.6 is 0 Å². The van der Waals surface area contributed by atoms with Gasteiger partial charge in [0.15, 0.2) is 5.78 Å². The van der Waals surface area contributed by atoms with Crippen molar-refractivity contribution in [2.24, 2.45) is 5.92 Å². The minimum Gasteiger partial charge on any atom is -0.497 e. The van der Waals surface area contributed by atoms with E-state index in [-0.39, 0.29) is 11.7 Å². The molecule has 3 aliphatic rings. The quantitative estimate of drug-likeness (QED) is 0.768. The molecule has 1 aromatic carbocycles. The number of allylic oxidation sites excluding steroid dienone is 7. The second-order valence-electron chi connectivity index (χ2n) is 6.82. The number of ketones is 1. The van der Waals surface area contributed by atoms with E-state index in [0.29, 0.717) is 5.76 Å². The van der Waals surface area contributed by atoms with Crippen LogP contribution in [0.2, 0.25) is 0 Å². The van der Waals surface area contributed by atoms with E-state index in [4.69, 9.17) is 9.47 Å². The standard InChI is InChI=1S/C23H22O3/c1-4-15-5-8-19-21(12-15)26-22-13-16(24)6-9-20(22)23(19)18-10-7-17(25-3)11-14(18)2/h5-7,9-13,19H,4,8H2,1-3H3/t19-/m0/s1. The van der Waals surface area contributed by atoms with Gasteiger partial charge in [0.25, 0.3) is 0 Å². The van der Waals surface area contributed by atoms with Crippen LogP contribution in [0.15, 0.2) is 71.2 Å². The number of rotatable bonds is 3. The Labute approximate surface area is 154 Å². The summed E-state index contributed by atoms with van der Waals surface area (Å²) in [5.41, 5.74) is 5.85. The van der Waals surface area contributed by atoms with Gasteiger partial charge in [-0.05, 0) is 72.4 Å². The molecule has 0 saturated carbocycles. The highest BCUT2D eigenvalue weighted by atomic mass is 16.5. The molecule has 26 heavy (non-hydrogen) atoms. The summed E-state index contributed by atoms with van der Waals surface area (Å²) in [5, 5.41) is 0. The Morgan fingerprint density at radius 2 is 2.08 bits per heavy atom. The van der Waals surface area contributed by atoms with Crippen molar-refractivity contribution >= 4 is 11.4 Å². The molecule has 1 heterocycles. The summed E-state index contributed by atoms with van der Waals surface area (Å²) in [5.74, 6) is 2.58. The second-order valence-corrected chi connectivity index (χ2v) is 6.82. The summed E-state index contributed by atoms with van der Waals surface area (Å²) >= 11 is 0. The maximum atomic E-state index is 11.9. The first-order valence-electron chi connectivity index (χ1n) is 9.02. The van der Waals surface area contributed by atoms with Gasteiger partial charge < -0.3 is 9.47 Å². The van der Waals surface area contributed by atoms with Crippen molar-refractivity contribution in [2.45, 2.75) is 26.7 Å². The number of carbonyl (C=O) groups excluding carboxylic acids is 1. The monoisotopic (exact) mass is 346 g/mol. The Hall–Kier alpha value is -2.81. The first-order chi connectivity index (χ1) is 12.6. The molecule has 4 rings (SSSR count). The zero-order valence-electron chi connectivity index (χ0n) is 15.3. The van der Waals surface area contributed by atoms with Gasteiger partial charge >= 0.3 is 0 Å². The van der Waals surface area contributed by atoms with Crippen molar-refractivity contribution in [3.63, 3.8) is 0 Å². The molecular formula is C23H22O3. The number of aryl methyl sites for hydroxylation is 1. The predicted molar refractivity (Wildman–Crippen MR) is 103 cm³/mol. The molecule has 0 saturated heterocycles. The van der Waals surface area contributed by atoms with E-state index in [9.17, 15) is 4.79 Å². The summed E-state index contributed by atoms with van der Waals surface area (Å²) in [6.45, 7) is 4.25. The lowest BCUT2D eigenvalue weighted by Crippen LogP contribution is -2.22. The van der Waals surface area contributed by atoms with Crippen LogP contribution in [0, 0.1) is 12.8 Å². The van der Waals surface area contributed by atoms with Gasteiger partial charge in [-0.1, -0.05) is 19.1 Å². The van der Waals surface area contributed by atoms with Crippen LogP contribution in [0.5, 0.6) is 5.75 Å². The molecule has 0 N–H and O–H groups in total. The molecular weight excluding hydrogens is 324 g/mol. The molecule has 3 heteroatoms. The third-order valence-electron chi connectivity index (χ3n) is 5.24. The van der Waals surface area contributed by atoms with Gasteiger partial charge in [-0.25, -0.2) is 0 Å². The predicted octanol–water partition coefficient (Wildman–Crippen LogP) is 5.05. The fraction of sp³-hybridized carbons (Fsp3) is 0.261. The molecule has 132 valence electrons. The SMILES string of the molecule is CCC1=CC[C@H]2C(=C1)OC1=CC(=O)C=CC1=C2c1ccc(OC)cc1C. The summed E-state index contributed by atoms with van der Waals surface area (Å²) < 4.78 is 11.5. The lowest BCUT2D eigenvalue weighted by atomic mass is 9.77. The number of ether oxygens (including phenoxy) is 2. The van der Waals surface area contributed by atoms with Crippen molar-refractivity contribution in [1.29, 1.82) is 0 Å². The molecule has 2 aliphatic carbocycles. The first kappa shape index (κ1) is 16.6. The minimum absolute atomic E-state index is 0.0318. The van der Waals surface area contributed by atoms with Crippen LogP contribution in [0.3, 0.4) is 0 Å². The molecule has 0 fully saturated rings. The second kappa shape index (κ2) is 6.49. The van der Waals surface area contributed by atoms with E-state index in [0.717, 1.165) is 35.5 Å². The molecule has 0 spiro atoms.